The van der Waals surface area contributed by atoms with Crippen molar-refractivity contribution in [3.63, 3.8) is 0 Å². The minimum absolute atomic E-state index is 0.0774. The van der Waals surface area contributed by atoms with Gasteiger partial charge in [-0.15, -0.1) is 0 Å². The molecular formula is C18H14ClNOS. The molecule has 1 atom stereocenters. The Labute approximate surface area is 138 Å². The van der Waals surface area contributed by atoms with Gasteiger partial charge >= 0.3 is 0 Å². The molecule has 1 aromatic heterocycles. The fourth-order valence-corrected chi connectivity index (χ4v) is 4.55. The first-order valence-electron chi connectivity index (χ1n) is 7.18. The zero-order chi connectivity index (χ0) is 15.3. The van der Waals surface area contributed by atoms with Crippen LogP contribution in [0.1, 0.15) is 23.5 Å². The second-order valence-corrected chi connectivity index (χ2v) is 7.06. The number of nitrogens with zero attached hydrogens (tertiary/aromatic N) is 1. The van der Waals surface area contributed by atoms with Crippen LogP contribution in [-0.2, 0) is 11.8 Å². The average Bonchev–Trinajstić information content (AvgIpc) is 2.80. The summed E-state index contributed by atoms with van der Waals surface area (Å²) in [6, 6.07) is 16.2. The van der Waals surface area contributed by atoms with Crippen molar-refractivity contribution >= 4 is 39.4 Å². The lowest BCUT2D eigenvalue weighted by molar-refractivity contribution is -0.111. The van der Waals surface area contributed by atoms with Gasteiger partial charge in [0.25, 0.3) is 0 Å². The van der Waals surface area contributed by atoms with Gasteiger partial charge in [-0.3, -0.25) is 4.79 Å². The van der Waals surface area contributed by atoms with E-state index in [-0.39, 0.29) is 11.0 Å². The van der Waals surface area contributed by atoms with E-state index in [1.165, 1.54) is 28.2 Å². The highest BCUT2D eigenvalue weighted by Crippen LogP contribution is 2.46. The molecule has 0 bridgehead atoms. The summed E-state index contributed by atoms with van der Waals surface area (Å²) in [5, 5.41) is 3.21. The van der Waals surface area contributed by atoms with Crippen LogP contribution in [0.4, 0.5) is 0 Å². The van der Waals surface area contributed by atoms with E-state index in [2.05, 4.69) is 28.8 Å². The summed E-state index contributed by atoms with van der Waals surface area (Å²) in [4.78, 5) is 12.2. The highest BCUT2D eigenvalue weighted by atomic mass is 35.5. The first kappa shape index (κ1) is 13.9. The molecule has 0 fully saturated rings. The lowest BCUT2D eigenvalue weighted by atomic mass is 9.88. The summed E-state index contributed by atoms with van der Waals surface area (Å²) in [5.41, 5.74) is 3.53. The Morgan fingerprint density at radius 1 is 1.18 bits per heavy atom. The van der Waals surface area contributed by atoms with Gasteiger partial charge in [-0.05, 0) is 35.5 Å². The molecule has 0 radical (unpaired) electrons. The maximum absolute atomic E-state index is 12.2. The van der Waals surface area contributed by atoms with Crippen molar-refractivity contribution in [3.8, 4) is 0 Å². The van der Waals surface area contributed by atoms with E-state index in [0.717, 1.165) is 10.6 Å². The van der Waals surface area contributed by atoms with Crippen molar-refractivity contribution in [2.45, 2.75) is 17.4 Å². The molecule has 2 nitrogen and oxygen atoms in total. The molecule has 0 saturated carbocycles. The standard InChI is InChI=1S/C18H14ClNOS/c1-20-15-8-3-2-7-13(15)17-14(10-16(21)22-18(17)20)11-5-4-6-12(19)9-11/h2-9,14H,10H2,1H3/t14-/m1/s1. The number of aryl methyl sites for hydroxylation is 1. The van der Waals surface area contributed by atoms with Gasteiger partial charge in [0, 0.05) is 40.9 Å². The van der Waals surface area contributed by atoms with Crippen molar-refractivity contribution in [1.82, 2.24) is 4.57 Å². The highest BCUT2D eigenvalue weighted by molar-refractivity contribution is 8.13. The summed E-state index contributed by atoms with van der Waals surface area (Å²) in [5.74, 6) is 0.0774. The van der Waals surface area contributed by atoms with Crippen LogP contribution in [0.15, 0.2) is 53.6 Å². The lowest BCUT2D eigenvalue weighted by Gasteiger charge is -2.23. The van der Waals surface area contributed by atoms with Gasteiger partial charge in [-0.25, -0.2) is 0 Å². The van der Waals surface area contributed by atoms with Crippen LogP contribution in [0.25, 0.3) is 10.9 Å². The van der Waals surface area contributed by atoms with Gasteiger partial charge in [0.1, 0.15) is 0 Å². The molecule has 0 unspecified atom stereocenters. The normalized spacial score (nSPS) is 17.7. The number of aromatic nitrogens is 1. The summed E-state index contributed by atoms with van der Waals surface area (Å²) >= 11 is 7.51. The number of hydrogen-bond donors (Lipinski definition) is 0. The number of benzene rings is 2. The predicted molar refractivity (Wildman–Crippen MR) is 91.7 cm³/mol. The average molecular weight is 328 g/mol. The molecule has 3 aromatic rings. The van der Waals surface area contributed by atoms with Crippen LogP contribution >= 0.6 is 23.4 Å². The van der Waals surface area contributed by atoms with E-state index in [4.69, 9.17) is 11.6 Å². The van der Waals surface area contributed by atoms with Crippen LogP contribution < -0.4 is 0 Å². The summed E-state index contributed by atoms with van der Waals surface area (Å²) in [7, 11) is 2.03. The maximum atomic E-state index is 12.2. The van der Waals surface area contributed by atoms with E-state index >= 15 is 0 Å². The number of hydrogen-bond acceptors (Lipinski definition) is 2. The van der Waals surface area contributed by atoms with E-state index in [1.807, 2.05) is 31.3 Å². The second-order valence-electron chi connectivity index (χ2n) is 5.58. The van der Waals surface area contributed by atoms with Crippen molar-refractivity contribution < 1.29 is 4.79 Å². The first-order valence-corrected chi connectivity index (χ1v) is 8.38. The van der Waals surface area contributed by atoms with Crippen LogP contribution in [0.3, 0.4) is 0 Å². The third-order valence-electron chi connectivity index (χ3n) is 4.27. The number of rotatable bonds is 1. The van der Waals surface area contributed by atoms with Crippen LogP contribution in [-0.4, -0.2) is 9.68 Å². The smallest absolute Gasteiger partial charge is 0.196 e. The molecule has 4 rings (SSSR count). The zero-order valence-corrected chi connectivity index (χ0v) is 13.6. The Morgan fingerprint density at radius 2 is 2.00 bits per heavy atom. The van der Waals surface area contributed by atoms with E-state index in [0.29, 0.717) is 11.4 Å². The van der Waals surface area contributed by atoms with Crippen LogP contribution in [0, 0.1) is 0 Å². The SMILES string of the molecule is Cn1c2c(c3ccccc31)[C@@H](c1cccc(Cl)c1)CC(=O)S2. The van der Waals surface area contributed by atoms with Gasteiger partial charge in [0.05, 0.1) is 5.03 Å². The van der Waals surface area contributed by atoms with Gasteiger partial charge in [0.15, 0.2) is 5.12 Å². The van der Waals surface area contributed by atoms with Gasteiger partial charge in [-0.2, -0.15) is 0 Å². The van der Waals surface area contributed by atoms with E-state index < -0.39 is 0 Å². The molecule has 2 aromatic carbocycles. The van der Waals surface area contributed by atoms with Crippen LogP contribution in [0.5, 0.6) is 0 Å². The largest absolute Gasteiger partial charge is 0.338 e. The lowest BCUT2D eigenvalue weighted by Crippen LogP contribution is -2.13. The third kappa shape index (κ3) is 2.08. The summed E-state index contributed by atoms with van der Waals surface area (Å²) in [6.45, 7) is 0. The molecule has 0 saturated heterocycles. The molecule has 0 N–H and O–H groups in total. The third-order valence-corrected chi connectivity index (χ3v) is 5.59. The van der Waals surface area contributed by atoms with Crippen molar-refractivity contribution in [3.05, 3.63) is 64.7 Å². The minimum atomic E-state index is 0.0774. The molecule has 4 heteroatoms. The molecule has 0 amide bonds. The topological polar surface area (TPSA) is 22.0 Å². The molecule has 0 spiro atoms. The molecule has 1 aliphatic heterocycles. The zero-order valence-electron chi connectivity index (χ0n) is 12.0. The quantitative estimate of drug-likeness (QED) is 0.628. The van der Waals surface area contributed by atoms with Crippen molar-refractivity contribution in [2.24, 2.45) is 7.05 Å². The fraction of sp³-hybridized carbons (Fsp3) is 0.167. The van der Waals surface area contributed by atoms with Gasteiger partial charge in [-0.1, -0.05) is 41.9 Å². The van der Waals surface area contributed by atoms with Crippen LogP contribution in [0.2, 0.25) is 5.02 Å². The number of halogens is 1. The number of carbonyl (C=O) groups excluding carboxylic acids is 1. The maximum Gasteiger partial charge on any atom is 0.196 e. The molecule has 1 aliphatic rings. The monoisotopic (exact) mass is 327 g/mol. The van der Waals surface area contributed by atoms with E-state index in [9.17, 15) is 4.79 Å². The molecular weight excluding hydrogens is 314 g/mol. The Balaban J connectivity index is 2.01. The molecule has 0 aliphatic carbocycles. The predicted octanol–water partition coefficient (Wildman–Crippen LogP) is 4.99. The Kier molecular flexibility index (Phi) is 3.28. The fourth-order valence-electron chi connectivity index (χ4n) is 3.29. The van der Waals surface area contributed by atoms with Crippen molar-refractivity contribution in [2.75, 3.05) is 0 Å². The number of fused-ring (bicyclic) bond motifs is 3. The summed E-state index contributed by atoms with van der Waals surface area (Å²) < 4.78 is 2.13. The van der Waals surface area contributed by atoms with Gasteiger partial charge in [0.2, 0.25) is 0 Å². The van der Waals surface area contributed by atoms with E-state index in [1.54, 1.807) is 0 Å². The Morgan fingerprint density at radius 3 is 2.82 bits per heavy atom. The number of carbonyl (C=O) groups is 1. The molecule has 2 heterocycles. The van der Waals surface area contributed by atoms with Crippen molar-refractivity contribution in [1.29, 1.82) is 0 Å². The highest BCUT2D eigenvalue weighted by Gasteiger charge is 2.32. The first-order chi connectivity index (χ1) is 10.6. The Bertz CT molecular complexity index is 899. The summed E-state index contributed by atoms with van der Waals surface area (Å²) in [6.07, 6.45) is 0.520. The Hall–Kier alpha value is -1.71. The molecule has 22 heavy (non-hydrogen) atoms. The number of para-hydroxylation sites is 1. The molecule has 110 valence electrons. The number of thioether (sulfide) groups is 1. The second kappa shape index (κ2) is 5.18. The minimum Gasteiger partial charge on any atom is -0.338 e. The van der Waals surface area contributed by atoms with Gasteiger partial charge < -0.3 is 4.57 Å².